The molecular weight excluding hydrogens is 243 g/mol. The van der Waals surface area contributed by atoms with Crippen LogP contribution in [-0.2, 0) is 4.74 Å². The Balaban J connectivity index is 2.13. The molecular formula is C11H22O2Se. The van der Waals surface area contributed by atoms with Crippen LogP contribution in [0.3, 0.4) is 0 Å². The third kappa shape index (κ3) is 4.31. The van der Waals surface area contributed by atoms with Gasteiger partial charge in [-0.05, 0) is 0 Å². The first-order valence-corrected chi connectivity index (χ1v) is 7.83. The Hall–Kier alpha value is 0.439. The Bertz CT molecular complexity index is 141. The van der Waals surface area contributed by atoms with Crippen molar-refractivity contribution in [3.05, 3.63) is 0 Å². The van der Waals surface area contributed by atoms with Crippen molar-refractivity contribution in [2.24, 2.45) is 0 Å². The minimum atomic E-state index is 0.356. The number of hydrogen-bond acceptors (Lipinski definition) is 2. The fourth-order valence-electron chi connectivity index (χ4n) is 1.97. The zero-order valence-electron chi connectivity index (χ0n) is 9.08. The predicted octanol–water partition coefficient (Wildman–Crippen LogP) is 2.26. The van der Waals surface area contributed by atoms with Gasteiger partial charge in [0.2, 0.25) is 0 Å². The molecule has 0 amide bonds. The Morgan fingerprint density at radius 2 is 2.07 bits per heavy atom. The Labute approximate surface area is 93.6 Å². The standard InChI is InChI=1S/C11H22O2Se/c1-13-10-6-2-3-7-11(10)14-9-5-4-8-12/h10-12H,2-9H2,1H3. The third-order valence-corrected chi connectivity index (χ3v) is 5.96. The molecule has 3 heteroatoms. The van der Waals surface area contributed by atoms with Gasteiger partial charge in [-0.15, -0.1) is 0 Å². The molecule has 0 saturated heterocycles. The summed E-state index contributed by atoms with van der Waals surface area (Å²) in [6.07, 6.45) is 8.10. The topological polar surface area (TPSA) is 29.5 Å². The first kappa shape index (κ1) is 12.5. The molecule has 1 saturated carbocycles. The van der Waals surface area contributed by atoms with Crippen molar-refractivity contribution >= 4 is 15.0 Å². The molecule has 0 heterocycles. The number of hydrogen-bond donors (Lipinski definition) is 1. The van der Waals surface area contributed by atoms with E-state index in [2.05, 4.69) is 0 Å². The van der Waals surface area contributed by atoms with Gasteiger partial charge in [0.1, 0.15) is 0 Å². The van der Waals surface area contributed by atoms with Crippen molar-refractivity contribution in [1.82, 2.24) is 0 Å². The minimum absolute atomic E-state index is 0.356. The molecule has 2 unspecified atom stereocenters. The summed E-state index contributed by atoms with van der Waals surface area (Å²) >= 11 is 0.732. The quantitative estimate of drug-likeness (QED) is 0.589. The summed E-state index contributed by atoms with van der Waals surface area (Å²) in [5.41, 5.74) is 0. The van der Waals surface area contributed by atoms with E-state index in [0.717, 1.165) is 26.2 Å². The molecule has 0 aromatic heterocycles. The number of aliphatic hydroxyl groups excluding tert-OH is 1. The second kappa shape index (κ2) is 7.70. The number of methoxy groups -OCH3 is 1. The van der Waals surface area contributed by atoms with Crippen molar-refractivity contribution in [3.8, 4) is 0 Å². The van der Waals surface area contributed by atoms with Crippen LogP contribution < -0.4 is 0 Å². The van der Waals surface area contributed by atoms with Gasteiger partial charge >= 0.3 is 93.3 Å². The van der Waals surface area contributed by atoms with Crippen LogP contribution >= 0.6 is 0 Å². The van der Waals surface area contributed by atoms with Gasteiger partial charge in [0, 0.05) is 0 Å². The molecule has 1 N–H and O–H groups in total. The summed E-state index contributed by atoms with van der Waals surface area (Å²) in [6.45, 7) is 0.356. The van der Waals surface area contributed by atoms with Gasteiger partial charge in [0.15, 0.2) is 0 Å². The van der Waals surface area contributed by atoms with Crippen LogP contribution in [0.25, 0.3) is 0 Å². The second-order valence-electron chi connectivity index (χ2n) is 3.90. The fraction of sp³-hybridized carbons (Fsp3) is 1.00. The van der Waals surface area contributed by atoms with Crippen molar-refractivity contribution in [2.45, 2.75) is 54.8 Å². The molecule has 0 bridgehead atoms. The van der Waals surface area contributed by atoms with E-state index in [1.807, 2.05) is 7.11 Å². The van der Waals surface area contributed by atoms with Crippen LogP contribution in [0.4, 0.5) is 0 Å². The fourth-order valence-corrected chi connectivity index (χ4v) is 5.05. The summed E-state index contributed by atoms with van der Waals surface area (Å²) in [4.78, 5) is 0.847. The number of ether oxygens (including phenoxy) is 1. The summed E-state index contributed by atoms with van der Waals surface area (Å²) in [5, 5.41) is 10.0. The van der Waals surface area contributed by atoms with Gasteiger partial charge in [-0.1, -0.05) is 0 Å². The summed E-state index contributed by atoms with van der Waals surface area (Å²) in [5.74, 6) is 0. The number of rotatable bonds is 6. The van der Waals surface area contributed by atoms with Crippen LogP contribution in [0.2, 0.25) is 10.1 Å². The normalized spacial score (nSPS) is 27.9. The molecule has 84 valence electrons. The molecule has 0 aliphatic heterocycles. The average Bonchev–Trinajstić information content (AvgIpc) is 2.25. The van der Waals surface area contributed by atoms with E-state index in [9.17, 15) is 0 Å². The molecule has 1 aliphatic rings. The monoisotopic (exact) mass is 266 g/mol. The van der Waals surface area contributed by atoms with Gasteiger partial charge in [0.25, 0.3) is 0 Å². The molecule has 0 radical (unpaired) electrons. The molecule has 14 heavy (non-hydrogen) atoms. The SMILES string of the molecule is COC1CCCCC1[Se]CCCCO. The van der Waals surface area contributed by atoms with E-state index in [1.54, 1.807) is 0 Å². The van der Waals surface area contributed by atoms with E-state index in [0.29, 0.717) is 12.7 Å². The molecule has 1 rings (SSSR count). The number of aliphatic hydroxyl groups is 1. The van der Waals surface area contributed by atoms with Crippen LogP contribution in [0.15, 0.2) is 0 Å². The van der Waals surface area contributed by atoms with Gasteiger partial charge in [0.05, 0.1) is 0 Å². The van der Waals surface area contributed by atoms with Crippen molar-refractivity contribution in [3.63, 3.8) is 0 Å². The zero-order chi connectivity index (χ0) is 10.2. The Kier molecular flexibility index (Phi) is 6.88. The number of unbranched alkanes of at least 4 members (excludes halogenated alkanes) is 1. The van der Waals surface area contributed by atoms with E-state index in [1.165, 1.54) is 37.4 Å². The van der Waals surface area contributed by atoms with Crippen LogP contribution in [0, 0.1) is 0 Å². The second-order valence-corrected chi connectivity index (χ2v) is 6.72. The predicted molar refractivity (Wildman–Crippen MR) is 59.9 cm³/mol. The average molecular weight is 265 g/mol. The van der Waals surface area contributed by atoms with E-state index in [-0.39, 0.29) is 0 Å². The van der Waals surface area contributed by atoms with Gasteiger partial charge < -0.3 is 0 Å². The first-order valence-electron chi connectivity index (χ1n) is 5.63. The van der Waals surface area contributed by atoms with Crippen LogP contribution in [0.5, 0.6) is 0 Å². The summed E-state index contributed by atoms with van der Waals surface area (Å²) < 4.78 is 5.53. The molecule has 1 fully saturated rings. The summed E-state index contributed by atoms with van der Waals surface area (Å²) in [7, 11) is 1.85. The zero-order valence-corrected chi connectivity index (χ0v) is 10.8. The Morgan fingerprint density at radius 3 is 2.79 bits per heavy atom. The van der Waals surface area contributed by atoms with Gasteiger partial charge in [-0.2, -0.15) is 0 Å². The van der Waals surface area contributed by atoms with Crippen molar-refractivity contribution in [1.29, 1.82) is 0 Å². The van der Waals surface area contributed by atoms with Crippen molar-refractivity contribution < 1.29 is 9.84 Å². The molecule has 0 spiro atoms. The van der Waals surface area contributed by atoms with E-state index >= 15 is 0 Å². The summed E-state index contributed by atoms with van der Waals surface area (Å²) in [6, 6.07) is 0. The molecule has 1 aliphatic carbocycles. The maximum atomic E-state index is 8.68. The maximum absolute atomic E-state index is 8.68. The Morgan fingerprint density at radius 1 is 1.29 bits per heavy atom. The van der Waals surface area contributed by atoms with E-state index in [4.69, 9.17) is 9.84 Å². The molecule has 0 aromatic carbocycles. The molecule has 2 nitrogen and oxygen atoms in total. The third-order valence-electron chi connectivity index (χ3n) is 2.83. The van der Waals surface area contributed by atoms with Crippen LogP contribution in [0.1, 0.15) is 38.5 Å². The van der Waals surface area contributed by atoms with Crippen molar-refractivity contribution in [2.75, 3.05) is 13.7 Å². The first-order chi connectivity index (χ1) is 6.88. The van der Waals surface area contributed by atoms with Crippen LogP contribution in [-0.4, -0.2) is 39.9 Å². The molecule has 2 atom stereocenters. The molecule has 0 aromatic rings. The van der Waals surface area contributed by atoms with E-state index < -0.39 is 0 Å². The van der Waals surface area contributed by atoms with Gasteiger partial charge in [-0.25, -0.2) is 0 Å². The van der Waals surface area contributed by atoms with Gasteiger partial charge in [-0.3, -0.25) is 0 Å².